The molecule has 0 radical (unpaired) electrons. The van der Waals surface area contributed by atoms with E-state index in [0.29, 0.717) is 6.42 Å². The molecule has 0 aromatic heterocycles. The smallest absolute Gasteiger partial charge is 0.325 e. The predicted octanol–water partition coefficient (Wildman–Crippen LogP) is 5.43. The van der Waals surface area contributed by atoms with Gasteiger partial charge in [-0.05, 0) is 34.9 Å². The third kappa shape index (κ3) is 3.99. The molecule has 0 heterocycles. The number of carbonyl (C=O) groups is 1. The molecule has 0 atom stereocenters. The van der Waals surface area contributed by atoms with E-state index in [2.05, 4.69) is 5.32 Å². The number of rotatable bonds is 4. The maximum Gasteiger partial charge on any atom is 0.418 e. The van der Waals surface area contributed by atoms with Gasteiger partial charge in [0.1, 0.15) is 0 Å². The van der Waals surface area contributed by atoms with Gasteiger partial charge in [0.15, 0.2) is 0 Å². The Morgan fingerprint density at radius 1 is 0.880 bits per heavy atom. The molecule has 0 fully saturated rings. The second kappa shape index (κ2) is 6.97. The lowest BCUT2D eigenvalue weighted by Gasteiger charge is -2.13. The summed E-state index contributed by atoms with van der Waals surface area (Å²) in [5.41, 5.74) is -0.0520. The molecular formula is C20H16F3NO. The van der Waals surface area contributed by atoms with Crippen LogP contribution in [0.4, 0.5) is 18.9 Å². The number of nitrogens with one attached hydrogen (secondary N) is 1. The quantitative estimate of drug-likeness (QED) is 0.672. The minimum absolute atomic E-state index is 0.111. The van der Waals surface area contributed by atoms with E-state index >= 15 is 0 Å². The summed E-state index contributed by atoms with van der Waals surface area (Å²) in [6.45, 7) is 0. The number of alkyl halides is 3. The number of para-hydroxylation sites is 1. The predicted molar refractivity (Wildman–Crippen MR) is 92.3 cm³/mol. The SMILES string of the molecule is O=C(CCc1cccc2ccccc12)Nc1ccccc1C(F)(F)F. The average Bonchev–Trinajstić information content (AvgIpc) is 2.59. The van der Waals surface area contributed by atoms with Crippen LogP contribution in [0.15, 0.2) is 66.7 Å². The minimum Gasteiger partial charge on any atom is -0.325 e. The van der Waals surface area contributed by atoms with E-state index in [1.807, 2.05) is 42.5 Å². The van der Waals surface area contributed by atoms with Gasteiger partial charge in [0.2, 0.25) is 5.91 Å². The van der Waals surface area contributed by atoms with E-state index in [1.165, 1.54) is 18.2 Å². The zero-order valence-corrected chi connectivity index (χ0v) is 13.3. The Hall–Kier alpha value is -2.82. The number of hydrogen-bond donors (Lipinski definition) is 1. The largest absolute Gasteiger partial charge is 0.418 e. The van der Waals surface area contributed by atoms with E-state index in [4.69, 9.17) is 0 Å². The molecule has 3 rings (SSSR count). The highest BCUT2D eigenvalue weighted by atomic mass is 19.4. The number of anilines is 1. The monoisotopic (exact) mass is 343 g/mol. The van der Waals surface area contributed by atoms with Crippen LogP contribution in [0.25, 0.3) is 10.8 Å². The van der Waals surface area contributed by atoms with E-state index in [0.717, 1.165) is 22.4 Å². The molecule has 1 amide bonds. The van der Waals surface area contributed by atoms with Crippen molar-refractivity contribution in [3.8, 4) is 0 Å². The van der Waals surface area contributed by atoms with Gasteiger partial charge in [-0.3, -0.25) is 4.79 Å². The molecule has 1 N–H and O–H groups in total. The van der Waals surface area contributed by atoms with Crippen molar-refractivity contribution >= 4 is 22.4 Å². The molecule has 0 saturated heterocycles. The molecule has 0 bridgehead atoms. The number of benzene rings is 3. The topological polar surface area (TPSA) is 29.1 Å². The summed E-state index contributed by atoms with van der Waals surface area (Å²) in [6, 6.07) is 18.6. The highest BCUT2D eigenvalue weighted by molar-refractivity contribution is 5.92. The molecule has 2 nitrogen and oxygen atoms in total. The first-order valence-corrected chi connectivity index (χ1v) is 7.88. The van der Waals surface area contributed by atoms with Gasteiger partial charge in [0.25, 0.3) is 0 Å². The van der Waals surface area contributed by atoms with Crippen LogP contribution in [0.1, 0.15) is 17.5 Å². The van der Waals surface area contributed by atoms with Crippen LogP contribution in [0, 0.1) is 0 Å². The number of hydrogen-bond acceptors (Lipinski definition) is 1. The van der Waals surface area contributed by atoms with Gasteiger partial charge in [0.05, 0.1) is 11.3 Å². The Morgan fingerprint density at radius 3 is 2.36 bits per heavy atom. The van der Waals surface area contributed by atoms with Crippen molar-refractivity contribution in [3.63, 3.8) is 0 Å². The Morgan fingerprint density at radius 2 is 1.56 bits per heavy atom. The summed E-state index contributed by atoms with van der Waals surface area (Å²) in [6.07, 6.45) is -3.93. The van der Waals surface area contributed by atoms with Crippen LogP contribution in [0.5, 0.6) is 0 Å². The number of amides is 1. The first kappa shape index (κ1) is 17.0. The minimum atomic E-state index is -4.50. The summed E-state index contributed by atoms with van der Waals surface area (Å²) in [5, 5.41) is 4.50. The fraction of sp³-hybridized carbons (Fsp3) is 0.150. The van der Waals surface area contributed by atoms with E-state index in [1.54, 1.807) is 0 Å². The molecule has 5 heteroatoms. The zero-order chi connectivity index (χ0) is 17.9. The van der Waals surface area contributed by atoms with Crippen LogP contribution in [-0.4, -0.2) is 5.91 Å². The third-order valence-electron chi connectivity index (χ3n) is 4.01. The molecule has 0 aliphatic rings. The lowest BCUT2D eigenvalue weighted by atomic mass is 10.0. The molecular weight excluding hydrogens is 327 g/mol. The molecule has 0 unspecified atom stereocenters. The maximum atomic E-state index is 13.0. The lowest BCUT2D eigenvalue weighted by Crippen LogP contribution is -2.16. The van der Waals surface area contributed by atoms with Gasteiger partial charge in [-0.1, -0.05) is 54.6 Å². The Labute approximate surface area is 143 Å². The van der Waals surface area contributed by atoms with Gasteiger partial charge in [-0.15, -0.1) is 0 Å². The van der Waals surface area contributed by atoms with Crippen LogP contribution in [0.3, 0.4) is 0 Å². The fourth-order valence-corrected chi connectivity index (χ4v) is 2.81. The molecule has 0 saturated carbocycles. The highest BCUT2D eigenvalue weighted by Crippen LogP contribution is 2.34. The zero-order valence-electron chi connectivity index (χ0n) is 13.3. The summed E-state index contributed by atoms with van der Waals surface area (Å²) < 4.78 is 38.9. The molecule has 0 spiro atoms. The van der Waals surface area contributed by atoms with Crippen LogP contribution in [0.2, 0.25) is 0 Å². The first-order valence-electron chi connectivity index (χ1n) is 7.88. The van der Waals surface area contributed by atoms with Crippen molar-refractivity contribution in [3.05, 3.63) is 77.9 Å². The van der Waals surface area contributed by atoms with Crippen LogP contribution >= 0.6 is 0 Å². The second-order valence-electron chi connectivity index (χ2n) is 5.73. The van der Waals surface area contributed by atoms with Crippen molar-refractivity contribution < 1.29 is 18.0 Å². The Bertz CT molecular complexity index is 897. The van der Waals surface area contributed by atoms with Gasteiger partial charge < -0.3 is 5.32 Å². The Balaban J connectivity index is 1.72. The van der Waals surface area contributed by atoms with Crippen molar-refractivity contribution in [1.29, 1.82) is 0 Å². The number of halogens is 3. The standard InChI is InChI=1S/C20H16F3NO/c21-20(22,23)17-10-3-4-11-18(17)24-19(25)13-12-15-8-5-7-14-6-1-2-9-16(14)15/h1-11H,12-13H2,(H,24,25). The van der Waals surface area contributed by atoms with Crippen LogP contribution < -0.4 is 5.32 Å². The maximum absolute atomic E-state index is 13.0. The van der Waals surface area contributed by atoms with Gasteiger partial charge >= 0.3 is 6.18 Å². The van der Waals surface area contributed by atoms with Crippen molar-refractivity contribution in [2.75, 3.05) is 5.32 Å². The third-order valence-corrected chi connectivity index (χ3v) is 4.01. The van der Waals surface area contributed by atoms with Gasteiger partial charge in [0, 0.05) is 6.42 Å². The lowest BCUT2D eigenvalue weighted by molar-refractivity contribution is -0.137. The number of aryl methyl sites for hydroxylation is 1. The summed E-state index contributed by atoms with van der Waals surface area (Å²) in [7, 11) is 0. The van der Waals surface area contributed by atoms with E-state index in [9.17, 15) is 18.0 Å². The van der Waals surface area contributed by atoms with Crippen molar-refractivity contribution in [2.24, 2.45) is 0 Å². The Kier molecular flexibility index (Phi) is 4.74. The normalized spacial score (nSPS) is 11.5. The number of fused-ring (bicyclic) bond motifs is 1. The summed E-state index contributed by atoms with van der Waals surface area (Å²) in [5.74, 6) is -0.440. The van der Waals surface area contributed by atoms with Gasteiger partial charge in [-0.2, -0.15) is 13.2 Å². The highest BCUT2D eigenvalue weighted by Gasteiger charge is 2.33. The second-order valence-corrected chi connectivity index (χ2v) is 5.73. The van der Waals surface area contributed by atoms with Crippen LogP contribution in [-0.2, 0) is 17.4 Å². The molecule has 128 valence electrons. The molecule has 0 aliphatic heterocycles. The van der Waals surface area contributed by atoms with Crippen molar-refractivity contribution in [1.82, 2.24) is 0 Å². The molecule has 0 aliphatic carbocycles. The molecule has 3 aromatic carbocycles. The van der Waals surface area contributed by atoms with E-state index < -0.39 is 17.6 Å². The average molecular weight is 343 g/mol. The summed E-state index contributed by atoms with van der Waals surface area (Å²) in [4.78, 5) is 12.1. The molecule has 3 aromatic rings. The van der Waals surface area contributed by atoms with Gasteiger partial charge in [-0.25, -0.2) is 0 Å². The summed E-state index contributed by atoms with van der Waals surface area (Å²) >= 11 is 0. The van der Waals surface area contributed by atoms with E-state index in [-0.39, 0.29) is 12.1 Å². The molecule has 25 heavy (non-hydrogen) atoms. The van der Waals surface area contributed by atoms with Crippen molar-refractivity contribution in [2.45, 2.75) is 19.0 Å². The fourth-order valence-electron chi connectivity index (χ4n) is 2.81. The first-order chi connectivity index (χ1) is 11.9. The number of carbonyl (C=O) groups excluding carboxylic acids is 1.